The number of hydrogen-bond acceptors (Lipinski definition) is 1. The Kier molecular flexibility index (Phi) is 5.84. The minimum absolute atomic E-state index is 0. The third-order valence-electron chi connectivity index (χ3n) is 0.750. The molecule has 2 radical (unpaired) electrons. The molecule has 1 nitrogen and oxygen atoms in total. The van der Waals surface area contributed by atoms with E-state index in [-0.39, 0.29) is 23.1 Å². The Morgan fingerprint density at radius 1 is 0.700 bits per heavy atom. The molecule has 0 spiro atoms. The first-order chi connectivity index (χ1) is 3.71. The molecule has 0 saturated heterocycles. The van der Waals surface area contributed by atoms with Gasteiger partial charge in [-0.05, 0) is 0 Å². The second-order valence-corrected chi connectivity index (χ2v) is 14.6. The molecule has 0 fully saturated rings. The fourth-order valence-electron chi connectivity index (χ4n) is 1.12. The van der Waals surface area contributed by atoms with Gasteiger partial charge in [0.05, 0.1) is 0 Å². The van der Waals surface area contributed by atoms with Gasteiger partial charge in [0.15, 0.2) is 0 Å². The fraction of sp³-hybridized carbons (Fsp3) is 1.00. The molecule has 0 amide bonds. The van der Waals surface area contributed by atoms with Gasteiger partial charge in [0.2, 0.25) is 0 Å². The number of hydrogen-bond donors (Lipinski definition) is 1. The van der Waals surface area contributed by atoms with Crippen LogP contribution in [0.2, 0.25) is 39.3 Å². The standard InChI is InChI=1S/C6H19NSi2.Mg/c1-8(2,3)7-9(4,5)6;/h7H,1-6H3;. The van der Waals surface area contributed by atoms with Crippen LogP contribution in [-0.2, 0) is 0 Å². The second-order valence-electron chi connectivity index (χ2n) is 4.62. The van der Waals surface area contributed by atoms with Crippen molar-refractivity contribution in [2.24, 2.45) is 0 Å². The Labute approximate surface area is 83.3 Å². The molecule has 0 rings (SSSR count). The van der Waals surface area contributed by atoms with E-state index in [0.29, 0.717) is 0 Å². The van der Waals surface area contributed by atoms with Gasteiger partial charge in [-0.25, -0.2) is 0 Å². The van der Waals surface area contributed by atoms with Gasteiger partial charge >= 0.3 is 0 Å². The van der Waals surface area contributed by atoms with Crippen LogP contribution in [0, 0.1) is 0 Å². The maximum Gasteiger partial charge on any atom is 0.109 e. The average Bonchev–Trinajstić information content (AvgIpc) is 1.14. The average molecular weight is 186 g/mol. The Morgan fingerprint density at radius 3 is 0.900 bits per heavy atom. The van der Waals surface area contributed by atoms with Gasteiger partial charge in [0.25, 0.3) is 0 Å². The molecule has 0 aliphatic heterocycles. The van der Waals surface area contributed by atoms with Crippen molar-refractivity contribution in [3.8, 4) is 0 Å². The largest absolute Gasteiger partial charge is 0.360 e. The zero-order chi connectivity index (χ0) is 7.71. The van der Waals surface area contributed by atoms with E-state index in [1.165, 1.54) is 0 Å². The van der Waals surface area contributed by atoms with E-state index in [0.717, 1.165) is 0 Å². The van der Waals surface area contributed by atoms with E-state index in [1.54, 1.807) is 0 Å². The summed E-state index contributed by atoms with van der Waals surface area (Å²) in [5.41, 5.74) is 0. The van der Waals surface area contributed by atoms with Crippen LogP contribution in [-0.4, -0.2) is 39.5 Å². The lowest BCUT2D eigenvalue weighted by molar-refractivity contribution is 1.30. The van der Waals surface area contributed by atoms with Gasteiger partial charge < -0.3 is 4.65 Å². The molecule has 0 bridgehead atoms. The predicted molar refractivity (Wildman–Crippen MR) is 55.6 cm³/mol. The number of nitrogens with one attached hydrogen (secondary N) is 1. The quantitative estimate of drug-likeness (QED) is 0.648. The van der Waals surface area contributed by atoms with Crippen LogP contribution in [0.4, 0.5) is 0 Å². The van der Waals surface area contributed by atoms with E-state index in [4.69, 9.17) is 0 Å². The van der Waals surface area contributed by atoms with Crippen LogP contribution in [0.5, 0.6) is 0 Å². The van der Waals surface area contributed by atoms with E-state index in [1.807, 2.05) is 0 Å². The predicted octanol–water partition coefficient (Wildman–Crippen LogP) is 1.86. The van der Waals surface area contributed by atoms with Crippen LogP contribution in [0.1, 0.15) is 0 Å². The first-order valence-electron chi connectivity index (χ1n) is 3.50. The molecule has 0 aromatic heterocycles. The highest BCUT2D eigenvalue weighted by Crippen LogP contribution is 2.02. The molecular formula is C6H19MgNSi2. The molecular weight excluding hydrogens is 167 g/mol. The summed E-state index contributed by atoms with van der Waals surface area (Å²) in [4.78, 5) is 0. The lowest BCUT2D eigenvalue weighted by Gasteiger charge is -2.28. The summed E-state index contributed by atoms with van der Waals surface area (Å²) >= 11 is 0. The zero-order valence-electron chi connectivity index (χ0n) is 8.21. The molecule has 1 N–H and O–H groups in total. The van der Waals surface area contributed by atoms with E-state index < -0.39 is 16.5 Å². The molecule has 0 saturated carbocycles. The van der Waals surface area contributed by atoms with Crippen LogP contribution >= 0.6 is 0 Å². The molecule has 0 aliphatic carbocycles. The Morgan fingerprint density at radius 2 is 0.900 bits per heavy atom. The van der Waals surface area contributed by atoms with E-state index in [2.05, 4.69) is 43.9 Å². The maximum atomic E-state index is 3.74. The van der Waals surface area contributed by atoms with E-state index >= 15 is 0 Å². The summed E-state index contributed by atoms with van der Waals surface area (Å²) in [6.07, 6.45) is 0. The Balaban J connectivity index is 0. The van der Waals surface area contributed by atoms with Crippen molar-refractivity contribution < 1.29 is 0 Å². The van der Waals surface area contributed by atoms with Crippen molar-refractivity contribution in [3.05, 3.63) is 0 Å². The smallest absolute Gasteiger partial charge is 0.109 e. The second kappa shape index (κ2) is 4.25. The highest BCUT2D eigenvalue weighted by atomic mass is 28.4. The van der Waals surface area contributed by atoms with Gasteiger partial charge in [0.1, 0.15) is 16.5 Å². The molecule has 0 aromatic rings. The summed E-state index contributed by atoms with van der Waals surface area (Å²) < 4.78 is 3.74. The van der Waals surface area contributed by atoms with Gasteiger partial charge in [-0.3, -0.25) is 0 Å². The monoisotopic (exact) mass is 185 g/mol. The summed E-state index contributed by atoms with van der Waals surface area (Å²) in [6, 6.07) is 0. The normalized spacial score (nSPS) is 12.6. The third-order valence-corrected chi connectivity index (χ3v) is 6.75. The molecule has 0 heterocycles. The first kappa shape index (κ1) is 13.7. The molecule has 0 unspecified atom stereocenters. The first-order valence-corrected chi connectivity index (χ1v) is 10.5. The SMILES string of the molecule is C[Si](C)(C)N[Si](C)(C)C.[Mg]. The Bertz CT molecular complexity index is 80.9. The van der Waals surface area contributed by atoms with Crippen molar-refractivity contribution >= 4 is 39.5 Å². The highest BCUT2D eigenvalue weighted by Gasteiger charge is 2.22. The summed E-state index contributed by atoms with van der Waals surface area (Å²) in [6.45, 7) is 14.1. The number of rotatable bonds is 2. The van der Waals surface area contributed by atoms with Gasteiger partial charge in [-0.1, -0.05) is 39.3 Å². The fourth-order valence-corrected chi connectivity index (χ4v) is 10.1. The van der Waals surface area contributed by atoms with Crippen molar-refractivity contribution in [1.29, 1.82) is 0 Å². The summed E-state index contributed by atoms with van der Waals surface area (Å²) in [7, 11) is -1.96. The van der Waals surface area contributed by atoms with Gasteiger partial charge in [-0.2, -0.15) is 0 Å². The lowest BCUT2D eigenvalue weighted by Crippen LogP contribution is -2.55. The molecule has 10 heavy (non-hydrogen) atoms. The van der Waals surface area contributed by atoms with E-state index in [9.17, 15) is 0 Å². The topological polar surface area (TPSA) is 12.0 Å². The minimum Gasteiger partial charge on any atom is -0.360 e. The molecule has 0 atom stereocenters. The van der Waals surface area contributed by atoms with Crippen LogP contribution in [0.25, 0.3) is 0 Å². The van der Waals surface area contributed by atoms with Crippen molar-refractivity contribution in [2.75, 3.05) is 0 Å². The molecule has 58 valence electrons. The maximum absolute atomic E-state index is 3.74. The van der Waals surface area contributed by atoms with Crippen molar-refractivity contribution in [2.45, 2.75) is 39.3 Å². The van der Waals surface area contributed by atoms with Gasteiger partial charge in [0, 0.05) is 23.1 Å². The van der Waals surface area contributed by atoms with Crippen LogP contribution < -0.4 is 4.65 Å². The van der Waals surface area contributed by atoms with Crippen molar-refractivity contribution in [1.82, 2.24) is 4.65 Å². The molecule has 0 aromatic carbocycles. The third kappa shape index (κ3) is 11.9. The molecule has 4 heteroatoms. The zero-order valence-corrected chi connectivity index (χ0v) is 11.6. The molecule has 0 aliphatic rings. The summed E-state index contributed by atoms with van der Waals surface area (Å²) in [5, 5.41) is 0. The highest BCUT2D eigenvalue weighted by molar-refractivity contribution is 6.90. The lowest BCUT2D eigenvalue weighted by atomic mass is 11.8. The van der Waals surface area contributed by atoms with Crippen LogP contribution in [0.3, 0.4) is 0 Å². The minimum atomic E-state index is -0.981. The summed E-state index contributed by atoms with van der Waals surface area (Å²) in [5.74, 6) is 0. The van der Waals surface area contributed by atoms with Gasteiger partial charge in [-0.15, -0.1) is 0 Å². The van der Waals surface area contributed by atoms with Crippen LogP contribution in [0.15, 0.2) is 0 Å². The Hall–Kier alpha value is 1.16. The van der Waals surface area contributed by atoms with Crippen molar-refractivity contribution in [3.63, 3.8) is 0 Å².